The third-order valence-corrected chi connectivity index (χ3v) is 0.632. The van der Waals surface area contributed by atoms with Gasteiger partial charge in [-0.15, -0.1) is 0 Å². The van der Waals surface area contributed by atoms with Crippen molar-refractivity contribution < 1.29 is 30.1 Å². The molecule has 0 fully saturated rings. The molecular weight excluding hydrogens is 200 g/mol. The van der Waals surface area contributed by atoms with Gasteiger partial charge >= 0.3 is 10.4 Å². The smallest absolute Gasteiger partial charge is 0.286 e. The van der Waals surface area contributed by atoms with Gasteiger partial charge in [-0.1, -0.05) is 0 Å². The van der Waals surface area contributed by atoms with Crippen LogP contribution in [-0.2, 0) is 24.7 Å². The third-order valence-electron chi connectivity index (χ3n) is 0.211. The second-order valence-electron chi connectivity index (χ2n) is 1.33. The second-order valence-corrected chi connectivity index (χ2v) is 3.98. The Balaban J connectivity index is 0. The highest BCUT2D eigenvalue weighted by Crippen LogP contribution is 1.74. The summed E-state index contributed by atoms with van der Waals surface area (Å²) in [5.74, 6) is 0. The van der Waals surface area contributed by atoms with Crippen molar-refractivity contribution in [1.29, 1.82) is 0 Å². The monoisotopic (exact) mass is 208 g/mol. The van der Waals surface area contributed by atoms with Gasteiger partial charge in [0.15, 0.2) is 0 Å². The van der Waals surface area contributed by atoms with Crippen LogP contribution in [0.25, 0.3) is 0 Å². The quantitative estimate of drug-likeness (QED) is 0.527. The van der Waals surface area contributed by atoms with Crippen LogP contribution in [0.5, 0.6) is 0 Å². The average Bonchev–Trinajstić information content (AvgIpc) is 1.59. The van der Waals surface area contributed by atoms with E-state index in [1.165, 1.54) is 0 Å². The summed E-state index contributed by atoms with van der Waals surface area (Å²) in [5.41, 5.74) is 0. The zero-order valence-corrected chi connectivity index (χ0v) is 7.39. The van der Waals surface area contributed by atoms with E-state index in [1.807, 2.05) is 0 Å². The Kier molecular flexibility index (Phi) is 5.61. The molecule has 0 radical (unpaired) electrons. The summed E-state index contributed by atoms with van der Waals surface area (Å²) >= 11 is 0. The lowest BCUT2D eigenvalue weighted by atomic mass is 11.8. The number of rotatable bonds is 1. The lowest BCUT2D eigenvalue weighted by molar-refractivity contribution is 0.324. The summed E-state index contributed by atoms with van der Waals surface area (Å²) in [6, 6.07) is 0. The molecule has 0 rings (SSSR count). The first-order chi connectivity index (χ1) is 4.56. The maximum absolute atomic E-state index is 9.33. The van der Waals surface area contributed by atoms with E-state index in [0.717, 1.165) is 7.11 Å². The molecule has 0 amide bonds. The zero-order chi connectivity index (χ0) is 9.71. The SMILES string of the molecule is COS(=O)(=O)O.CS(=O)(=O)O. The molecule has 0 atom stereocenters. The normalized spacial score (nSPS) is 11.6. The fourth-order valence-electron chi connectivity index (χ4n) is 0. The molecule has 0 heterocycles. The predicted molar refractivity (Wildman–Crippen MR) is 36.0 cm³/mol. The number of hydrogen-bond donors (Lipinski definition) is 2. The van der Waals surface area contributed by atoms with E-state index >= 15 is 0 Å². The van der Waals surface area contributed by atoms with E-state index in [1.54, 1.807) is 0 Å². The predicted octanol–water partition coefficient (Wildman–Crippen LogP) is -1.06. The van der Waals surface area contributed by atoms with Crippen molar-refractivity contribution >= 4 is 20.5 Å². The maximum atomic E-state index is 9.33. The van der Waals surface area contributed by atoms with Gasteiger partial charge < -0.3 is 0 Å². The largest absolute Gasteiger partial charge is 0.397 e. The van der Waals surface area contributed by atoms with E-state index in [-0.39, 0.29) is 0 Å². The van der Waals surface area contributed by atoms with Gasteiger partial charge in [0, 0.05) is 0 Å². The molecule has 0 aliphatic rings. The van der Waals surface area contributed by atoms with Gasteiger partial charge in [0.25, 0.3) is 10.1 Å². The highest BCUT2D eigenvalue weighted by Gasteiger charge is 1.94. The van der Waals surface area contributed by atoms with Crippen LogP contribution in [0.4, 0.5) is 0 Å². The van der Waals surface area contributed by atoms with Crippen LogP contribution >= 0.6 is 0 Å². The van der Waals surface area contributed by atoms with Crippen LogP contribution in [0.1, 0.15) is 0 Å². The van der Waals surface area contributed by atoms with Crippen molar-refractivity contribution in [2.75, 3.05) is 13.4 Å². The van der Waals surface area contributed by atoms with Gasteiger partial charge in [-0.2, -0.15) is 16.8 Å². The molecule has 0 aliphatic heterocycles. The highest BCUT2D eigenvalue weighted by atomic mass is 32.3. The summed E-state index contributed by atoms with van der Waals surface area (Å²) in [5, 5.41) is 0. The van der Waals surface area contributed by atoms with Crippen molar-refractivity contribution in [2.24, 2.45) is 0 Å². The molecule has 0 aromatic carbocycles. The Labute approximate surface area is 64.7 Å². The molecule has 2 N–H and O–H groups in total. The van der Waals surface area contributed by atoms with Crippen LogP contribution in [0.2, 0.25) is 0 Å². The van der Waals surface area contributed by atoms with Gasteiger partial charge in [-0.05, 0) is 0 Å². The molecule has 0 bridgehead atoms. The van der Waals surface area contributed by atoms with Crippen LogP contribution in [0, 0.1) is 0 Å². The topological polar surface area (TPSA) is 118 Å². The standard InChI is InChI=1S/CH4O4S.CH4O3S/c1-5-6(2,3)4;1-5(2,3)4/h1H3,(H,2,3,4);1H3,(H,2,3,4). The lowest BCUT2D eigenvalue weighted by Gasteiger charge is -1.82. The Morgan fingerprint density at radius 1 is 1.09 bits per heavy atom. The molecule has 0 saturated heterocycles. The van der Waals surface area contributed by atoms with E-state index in [2.05, 4.69) is 4.18 Å². The molecule has 0 unspecified atom stereocenters. The fourth-order valence-corrected chi connectivity index (χ4v) is 0. The van der Waals surface area contributed by atoms with E-state index in [4.69, 9.17) is 9.11 Å². The van der Waals surface area contributed by atoms with Gasteiger partial charge in [-0.25, -0.2) is 0 Å². The van der Waals surface area contributed by atoms with Crippen molar-refractivity contribution in [2.45, 2.75) is 0 Å². The molecule has 0 aromatic rings. The summed E-state index contributed by atoms with van der Waals surface area (Å²) in [6.45, 7) is 0. The maximum Gasteiger partial charge on any atom is 0.397 e. The molecule has 0 saturated carbocycles. The Morgan fingerprint density at radius 3 is 1.18 bits per heavy atom. The van der Waals surface area contributed by atoms with Crippen LogP contribution in [0.15, 0.2) is 0 Å². The highest BCUT2D eigenvalue weighted by molar-refractivity contribution is 7.85. The summed E-state index contributed by atoms with van der Waals surface area (Å²) in [7, 11) is -6.96. The Bertz CT molecular complexity index is 262. The molecule has 9 heteroatoms. The van der Waals surface area contributed by atoms with Crippen LogP contribution in [0.3, 0.4) is 0 Å². The average molecular weight is 208 g/mol. The van der Waals surface area contributed by atoms with Crippen molar-refractivity contribution in [1.82, 2.24) is 0 Å². The first-order valence-electron chi connectivity index (χ1n) is 2.01. The Morgan fingerprint density at radius 2 is 1.18 bits per heavy atom. The van der Waals surface area contributed by atoms with E-state index < -0.39 is 20.5 Å². The van der Waals surface area contributed by atoms with E-state index in [9.17, 15) is 16.8 Å². The summed E-state index contributed by atoms with van der Waals surface area (Å²) in [4.78, 5) is 0. The molecule has 0 aromatic heterocycles. The third kappa shape index (κ3) is 76.6. The van der Waals surface area contributed by atoms with Crippen molar-refractivity contribution in [3.63, 3.8) is 0 Å². The molecule has 0 aliphatic carbocycles. The summed E-state index contributed by atoms with van der Waals surface area (Å²) in [6.07, 6.45) is 0.715. The van der Waals surface area contributed by atoms with Crippen molar-refractivity contribution in [3.8, 4) is 0 Å². The van der Waals surface area contributed by atoms with Gasteiger partial charge in [0.05, 0.1) is 13.4 Å². The minimum absolute atomic E-state index is 0.715. The van der Waals surface area contributed by atoms with Crippen molar-refractivity contribution in [3.05, 3.63) is 0 Å². The molecule has 0 spiro atoms. The molecular formula is C2H8O7S2. The summed E-state index contributed by atoms with van der Waals surface area (Å²) < 4.78 is 55.6. The second kappa shape index (κ2) is 4.62. The molecule has 7 nitrogen and oxygen atoms in total. The molecule has 70 valence electrons. The minimum atomic E-state index is -4.16. The minimum Gasteiger partial charge on any atom is -0.286 e. The van der Waals surface area contributed by atoms with Crippen LogP contribution in [-0.4, -0.2) is 39.3 Å². The zero-order valence-electron chi connectivity index (χ0n) is 5.75. The van der Waals surface area contributed by atoms with Gasteiger partial charge in [-0.3, -0.25) is 13.3 Å². The number of hydrogen-bond acceptors (Lipinski definition) is 5. The van der Waals surface area contributed by atoms with E-state index in [0.29, 0.717) is 6.26 Å². The van der Waals surface area contributed by atoms with Gasteiger partial charge in [0.2, 0.25) is 0 Å². The first-order valence-corrected chi connectivity index (χ1v) is 5.23. The fraction of sp³-hybridized carbons (Fsp3) is 1.00. The Hall–Kier alpha value is -0.220. The van der Waals surface area contributed by atoms with Gasteiger partial charge in [0.1, 0.15) is 0 Å². The van der Waals surface area contributed by atoms with Crippen LogP contribution < -0.4 is 0 Å². The lowest BCUT2D eigenvalue weighted by Crippen LogP contribution is -1.96. The first kappa shape index (κ1) is 13.4. The molecule has 11 heavy (non-hydrogen) atoms.